The van der Waals surface area contributed by atoms with Gasteiger partial charge in [-0.25, -0.2) is 0 Å². The third-order valence-corrected chi connectivity index (χ3v) is 5.14. The highest BCUT2D eigenvalue weighted by atomic mass is 16.4. The number of carbonyl (C=O) groups excluding carboxylic acids is 1. The van der Waals surface area contributed by atoms with Crippen LogP contribution in [0.5, 0.6) is 0 Å². The van der Waals surface area contributed by atoms with Gasteiger partial charge in [-0.1, -0.05) is 13.8 Å². The second-order valence-electron chi connectivity index (χ2n) is 6.93. The van der Waals surface area contributed by atoms with Crippen molar-refractivity contribution in [1.29, 1.82) is 0 Å². The molecule has 0 saturated carbocycles. The van der Waals surface area contributed by atoms with Crippen molar-refractivity contribution >= 4 is 11.9 Å². The summed E-state index contributed by atoms with van der Waals surface area (Å²) in [5.74, 6) is -1.69. The minimum Gasteiger partial charge on any atom is -0.481 e. The lowest BCUT2D eigenvalue weighted by atomic mass is 9.86. The molecule has 23 heavy (non-hydrogen) atoms. The number of nitrogens with zero attached hydrogens (tertiary/aromatic N) is 1. The Morgan fingerprint density at radius 2 is 2.04 bits per heavy atom. The van der Waals surface area contributed by atoms with E-state index >= 15 is 0 Å². The van der Waals surface area contributed by atoms with E-state index in [2.05, 4.69) is 4.98 Å². The first kappa shape index (κ1) is 15.8. The quantitative estimate of drug-likeness (QED) is 0.879. The molecule has 1 aliphatic heterocycles. The molecular weight excluding hydrogens is 296 g/mol. The summed E-state index contributed by atoms with van der Waals surface area (Å²) in [7, 11) is 0. The second-order valence-corrected chi connectivity index (χ2v) is 6.93. The summed E-state index contributed by atoms with van der Waals surface area (Å²) in [5.41, 5.74) is 1.73. The Bertz CT molecular complexity index is 707. The van der Waals surface area contributed by atoms with Crippen LogP contribution in [0.3, 0.4) is 0 Å². The number of amides is 1. The highest BCUT2D eigenvalue weighted by Gasteiger charge is 2.41. The minimum absolute atomic E-state index is 0.0787. The molecule has 2 atom stereocenters. The first-order valence-corrected chi connectivity index (χ1v) is 8.15. The molecule has 0 unspecified atom stereocenters. The van der Waals surface area contributed by atoms with Gasteiger partial charge in [0.2, 0.25) is 0 Å². The molecule has 0 radical (unpaired) electrons. The van der Waals surface area contributed by atoms with E-state index in [0.717, 1.165) is 30.5 Å². The molecule has 0 bridgehead atoms. The zero-order valence-corrected chi connectivity index (χ0v) is 13.5. The highest BCUT2D eigenvalue weighted by molar-refractivity contribution is 5.94. The van der Waals surface area contributed by atoms with Crippen LogP contribution >= 0.6 is 0 Å². The molecule has 1 saturated heterocycles. The molecule has 6 nitrogen and oxygen atoms in total. The fourth-order valence-electron chi connectivity index (χ4n) is 3.77. The fraction of sp³-hybridized carbons (Fsp3) is 0.588. The van der Waals surface area contributed by atoms with E-state index in [1.54, 1.807) is 6.07 Å². The number of H-pyrrole nitrogens is 1. The van der Waals surface area contributed by atoms with Gasteiger partial charge in [0, 0.05) is 18.8 Å². The number of pyridine rings is 1. The summed E-state index contributed by atoms with van der Waals surface area (Å²) in [6, 6.07) is 1.70. The number of nitrogens with one attached hydrogen (secondary N) is 1. The highest BCUT2D eigenvalue weighted by Crippen LogP contribution is 2.31. The molecular formula is C17H22N2O4. The van der Waals surface area contributed by atoms with E-state index in [4.69, 9.17) is 0 Å². The first-order chi connectivity index (χ1) is 10.9. The van der Waals surface area contributed by atoms with Gasteiger partial charge < -0.3 is 15.0 Å². The molecule has 0 spiro atoms. The average Bonchev–Trinajstić information content (AvgIpc) is 3.11. The zero-order chi connectivity index (χ0) is 16.7. The van der Waals surface area contributed by atoms with Crippen LogP contribution in [0.1, 0.15) is 41.9 Å². The third-order valence-electron chi connectivity index (χ3n) is 5.14. The van der Waals surface area contributed by atoms with Crippen LogP contribution in [0, 0.1) is 17.8 Å². The standard InChI is InChI=1S/C17H22N2O4/c1-9(2)12-7-19(8-13(12)17(22)23)16(21)11-6-10-4-3-5-14(10)18-15(11)20/h6,9,12-13H,3-5,7-8H2,1-2H3,(H,18,20)(H,22,23)/t12-,13+/m0/s1. The van der Waals surface area contributed by atoms with Crippen molar-refractivity contribution in [3.05, 3.63) is 33.2 Å². The van der Waals surface area contributed by atoms with Crippen LogP contribution in [-0.4, -0.2) is 40.0 Å². The second kappa shape index (κ2) is 5.83. The van der Waals surface area contributed by atoms with E-state index in [9.17, 15) is 19.5 Å². The molecule has 2 N–H and O–H groups in total. The Balaban J connectivity index is 1.87. The van der Waals surface area contributed by atoms with E-state index in [1.165, 1.54) is 4.90 Å². The Hall–Kier alpha value is -2.11. The Labute approximate surface area is 134 Å². The zero-order valence-electron chi connectivity index (χ0n) is 13.5. The predicted octanol–water partition coefficient (Wildman–Crippen LogP) is 1.29. The van der Waals surface area contributed by atoms with Crippen molar-refractivity contribution in [2.75, 3.05) is 13.1 Å². The molecule has 1 fully saturated rings. The summed E-state index contributed by atoms with van der Waals surface area (Å²) in [6.07, 6.45) is 2.71. The Morgan fingerprint density at radius 3 is 2.65 bits per heavy atom. The number of aromatic amines is 1. The number of aliphatic carboxylic acids is 1. The number of aromatic nitrogens is 1. The van der Waals surface area contributed by atoms with Crippen molar-refractivity contribution in [1.82, 2.24) is 9.88 Å². The molecule has 0 aromatic carbocycles. The molecule has 2 aliphatic rings. The maximum atomic E-state index is 12.7. The number of hydrogen-bond acceptors (Lipinski definition) is 3. The largest absolute Gasteiger partial charge is 0.481 e. The lowest BCUT2D eigenvalue weighted by Crippen LogP contribution is -2.34. The monoisotopic (exact) mass is 318 g/mol. The van der Waals surface area contributed by atoms with Gasteiger partial charge in [-0.15, -0.1) is 0 Å². The molecule has 3 rings (SSSR count). The van der Waals surface area contributed by atoms with E-state index < -0.39 is 11.9 Å². The summed E-state index contributed by atoms with van der Waals surface area (Å²) >= 11 is 0. The maximum absolute atomic E-state index is 12.7. The van der Waals surface area contributed by atoms with Crippen LogP contribution in [0.4, 0.5) is 0 Å². The SMILES string of the molecule is CC(C)[C@@H]1CN(C(=O)c2cc3c([nH]c2=O)CCC3)C[C@H]1C(=O)O. The molecule has 124 valence electrons. The summed E-state index contributed by atoms with van der Waals surface area (Å²) in [4.78, 5) is 40.7. The van der Waals surface area contributed by atoms with E-state index in [-0.39, 0.29) is 35.4 Å². The van der Waals surface area contributed by atoms with Crippen molar-refractivity contribution in [2.24, 2.45) is 17.8 Å². The molecule has 1 amide bonds. The smallest absolute Gasteiger partial charge is 0.308 e. The average molecular weight is 318 g/mol. The van der Waals surface area contributed by atoms with Crippen LogP contribution < -0.4 is 5.56 Å². The minimum atomic E-state index is -0.873. The maximum Gasteiger partial charge on any atom is 0.308 e. The Morgan fingerprint density at radius 1 is 1.30 bits per heavy atom. The van der Waals surface area contributed by atoms with Crippen molar-refractivity contribution in [3.8, 4) is 0 Å². The number of carboxylic acid groups (broad SMARTS) is 1. The number of hydrogen-bond donors (Lipinski definition) is 2. The van der Waals surface area contributed by atoms with Crippen LogP contribution in [0.15, 0.2) is 10.9 Å². The summed E-state index contributed by atoms with van der Waals surface area (Å²) in [5, 5.41) is 9.38. The van der Waals surface area contributed by atoms with Gasteiger partial charge >= 0.3 is 5.97 Å². The van der Waals surface area contributed by atoms with Crippen molar-refractivity contribution < 1.29 is 14.7 Å². The topological polar surface area (TPSA) is 90.5 Å². The molecule has 1 aromatic heterocycles. The van der Waals surface area contributed by atoms with Gasteiger partial charge in [-0.2, -0.15) is 0 Å². The Kier molecular flexibility index (Phi) is 4.00. The number of carbonyl (C=O) groups is 2. The van der Waals surface area contributed by atoms with Gasteiger partial charge in [0.05, 0.1) is 5.92 Å². The van der Waals surface area contributed by atoms with Crippen molar-refractivity contribution in [3.63, 3.8) is 0 Å². The molecule has 2 heterocycles. The normalized spacial score (nSPS) is 23.3. The summed E-state index contributed by atoms with van der Waals surface area (Å²) in [6.45, 7) is 4.51. The number of carboxylic acids is 1. The number of rotatable bonds is 3. The van der Waals surface area contributed by atoms with Crippen LogP contribution in [-0.2, 0) is 17.6 Å². The lowest BCUT2D eigenvalue weighted by molar-refractivity contribution is -0.142. The van der Waals surface area contributed by atoms with Gasteiger partial charge in [0.1, 0.15) is 5.56 Å². The van der Waals surface area contributed by atoms with Gasteiger partial charge in [-0.05, 0) is 42.7 Å². The van der Waals surface area contributed by atoms with Crippen molar-refractivity contribution in [2.45, 2.75) is 33.1 Å². The van der Waals surface area contributed by atoms with Gasteiger partial charge in [0.25, 0.3) is 11.5 Å². The van der Waals surface area contributed by atoms with E-state index in [0.29, 0.717) is 6.54 Å². The fourth-order valence-corrected chi connectivity index (χ4v) is 3.77. The van der Waals surface area contributed by atoms with Crippen LogP contribution in [0.2, 0.25) is 0 Å². The van der Waals surface area contributed by atoms with E-state index in [1.807, 2.05) is 13.8 Å². The number of likely N-dealkylation sites (tertiary alicyclic amines) is 1. The summed E-state index contributed by atoms with van der Waals surface area (Å²) < 4.78 is 0. The number of aryl methyl sites for hydroxylation is 2. The molecule has 6 heteroatoms. The van der Waals surface area contributed by atoms with Gasteiger partial charge in [-0.3, -0.25) is 14.4 Å². The number of fused-ring (bicyclic) bond motifs is 1. The van der Waals surface area contributed by atoms with Gasteiger partial charge in [0.15, 0.2) is 0 Å². The first-order valence-electron chi connectivity index (χ1n) is 8.15. The molecule has 1 aromatic rings. The third kappa shape index (κ3) is 2.78. The predicted molar refractivity (Wildman–Crippen MR) is 84.4 cm³/mol. The van der Waals surface area contributed by atoms with Crippen LogP contribution in [0.25, 0.3) is 0 Å². The lowest BCUT2D eigenvalue weighted by Gasteiger charge is -2.18. The molecule has 1 aliphatic carbocycles.